The normalized spacial score (nSPS) is 13.5. The second-order valence-corrected chi connectivity index (χ2v) is 1.99. The number of hydrogen-bond donors (Lipinski definition) is 2. The highest BCUT2D eigenvalue weighted by molar-refractivity contribution is 5.87. The molecule has 0 radical (unpaired) electrons. The molecule has 2 N–H and O–H groups in total. The summed E-state index contributed by atoms with van der Waals surface area (Å²) in [6.45, 7) is -2.42. The Kier molecular flexibility index (Phi) is 1.53. The molecular weight excluding hydrogens is 144 g/mol. The maximum atomic E-state index is 10.4. The van der Waals surface area contributed by atoms with Crippen LogP contribution in [0.2, 0.25) is 0 Å². The molecule has 0 saturated heterocycles. The molecule has 1 aromatic carbocycles. The molecule has 3 heteroatoms. The first-order valence-electron chi connectivity index (χ1n) is 3.97. The van der Waals surface area contributed by atoms with Crippen molar-refractivity contribution < 1.29 is 17.7 Å². The highest BCUT2D eigenvalue weighted by Crippen LogP contribution is 2.03. The first-order valence-corrected chi connectivity index (χ1v) is 2.97. The molecule has 0 spiro atoms. The van der Waals surface area contributed by atoms with Crippen LogP contribution in [0.3, 0.4) is 0 Å². The van der Waals surface area contributed by atoms with Crippen LogP contribution in [0.1, 0.15) is 18.7 Å². The van der Waals surface area contributed by atoms with Crippen molar-refractivity contribution in [3.63, 3.8) is 0 Å². The summed E-state index contributed by atoms with van der Waals surface area (Å²) in [6.07, 6.45) is 0. The molecule has 0 heterocycles. The monoisotopic (exact) mass is 154 g/mol. The van der Waals surface area contributed by atoms with Gasteiger partial charge in [0.25, 0.3) is 0 Å². The summed E-state index contributed by atoms with van der Waals surface area (Å²) in [7, 11) is 0. The molecule has 0 aromatic heterocycles. The van der Waals surface area contributed by atoms with Crippen molar-refractivity contribution in [3.05, 3.63) is 35.4 Å². The summed E-state index contributed by atoms with van der Waals surface area (Å²) in [5.74, 6) is -1.08. The zero-order chi connectivity index (χ0) is 10.1. The number of benzene rings is 1. The average molecular weight is 154 g/mol. The van der Waals surface area contributed by atoms with E-state index < -0.39 is 12.5 Å². The lowest BCUT2D eigenvalue weighted by molar-refractivity contribution is 0.0697. The van der Waals surface area contributed by atoms with E-state index in [9.17, 15) is 4.79 Å². The number of aromatic carboxylic acids is 1. The van der Waals surface area contributed by atoms with Crippen molar-refractivity contribution in [3.8, 4) is 0 Å². The molecule has 0 aliphatic heterocycles. The van der Waals surface area contributed by atoms with Crippen molar-refractivity contribution in [2.75, 3.05) is 0 Å². The maximum Gasteiger partial charge on any atom is 0.335 e. The minimum Gasteiger partial charge on any atom is -0.478 e. The van der Waals surface area contributed by atoms with Gasteiger partial charge in [0.05, 0.1) is 14.9 Å². The van der Waals surface area contributed by atoms with Gasteiger partial charge in [0, 0.05) is 0 Å². The minimum absolute atomic E-state index is 0.0394. The van der Waals surface area contributed by atoms with Crippen molar-refractivity contribution >= 4 is 5.97 Å². The Morgan fingerprint density at radius 1 is 1.45 bits per heavy atom. The van der Waals surface area contributed by atoms with Crippen LogP contribution < -0.4 is 0 Å². The second-order valence-electron chi connectivity index (χ2n) is 1.99. The molecule has 0 saturated carbocycles. The zero-order valence-corrected chi connectivity index (χ0v) is 5.61. The zero-order valence-electron chi connectivity index (χ0n) is 7.61. The molecule has 0 bridgehead atoms. The van der Waals surface area contributed by atoms with E-state index in [4.69, 9.17) is 13.0 Å². The molecule has 58 valence electrons. The molecular formula is C8H8O3. The molecule has 0 amide bonds. The van der Waals surface area contributed by atoms with E-state index >= 15 is 0 Å². The van der Waals surface area contributed by atoms with Crippen molar-refractivity contribution in [2.24, 2.45) is 0 Å². The van der Waals surface area contributed by atoms with Gasteiger partial charge in [-0.05, 0) is 17.7 Å². The molecule has 11 heavy (non-hydrogen) atoms. The fourth-order valence-electron chi connectivity index (χ4n) is 0.687. The van der Waals surface area contributed by atoms with Crippen molar-refractivity contribution in [1.82, 2.24) is 0 Å². The van der Waals surface area contributed by atoms with Gasteiger partial charge in [-0.1, -0.05) is 12.1 Å². The van der Waals surface area contributed by atoms with Gasteiger partial charge in [-0.25, -0.2) is 4.79 Å². The highest BCUT2D eigenvalue weighted by Gasteiger charge is 1.99. The van der Waals surface area contributed by atoms with Crippen LogP contribution in [-0.4, -0.2) is 16.2 Å². The van der Waals surface area contributed by atoms with E-state index in [1.165, 1.54) is 24.3 Å². The lowest BCUT2D eigenvalue weighted by atomic mass is 10.1. The molecule has 0 fully saturated rings. The predicted octanol–water partition coefficient (Wildman–Crippen LogP) is 0.877. The van der Waals surface area contributed by atoms with E-state index in [2.05, 4.69) is 0 Å². The lowest BCUT2D eigenvalue weighted by Gasteiger charge is -1.95. The Morgan fingerprint density at radius 2 is 2.00 bits per heavy atom. The third-order valence-corrected chi connectivity index (χ3v) is 1.26. The largest absolute Gasteiger partial charge is 0.478 e. The van der Waals surface area contributed by atoms with E-state index in [1.54, 1.807) is 0 Å². The van der Waals surface area contributed by atoms with Gasteiger partial charge >= 0.3 is 5.97 Å². The highest BCUT2D eigenvalue weighted by atomic mass is 16.4. The Labute approximate surface area is 66.7 Å². The SMILES string of the molecule is [2H]C([2H])(O)c1ccc(C(=O)O)cc1. The molecule has 1 rings (SSSR count). The standard InChI is InChI=1S/C8H8O3/c9-5-6-1-3-7(4-2-6)8(10)11/h1-4,9H,5H2,(H,10,11)/i5D2. The van der Waals surface area contributed by atoms with Crippen molar-refractivity contribution in [1.29, 1.82) is 0 Å². The number of rotatable bonds is 2. The van der Waals surface area contributed by atoms with Gasteiger partial charge in [-0.2, -0.15) is 0 Å². The third-order valence-electron chi connectivity index (χ3n) is 1.26. The maximum absolute atomic E-state index is 10.4. The Bertz CT molecular complexity index is 313. The lowest BCUT2D eigenvalue weighted by Crippen LogP contribution is -1.95. The van der Waals surface area contributed by atoms with Gasteiger partial charge in [0.2, 0.25) is 0 Å². The summed E-state index contributed by atoms with van der Waals surface area (Å²) in [4.78, 5) is 10.4. The Morgan fingerprint density at radius 3 is 2.36 bits per heavy atom. The van der Waals surface area contributed by atoms with E-state index in [0.29, 0.717) is 0 Å². The molecule has 3 nitrogen and oxygen atoms in total. The van der Waals surface area contributed by atoms with Crippen LogP contribution in [0.4, 0.5) is 0 Å². The molecule has 0 unspecified atom stereocenters. The van der Waals surface area contributed by atoms with Crippen LogP contribution >= 0.6 is 0 Å². The first-order chi connectivity index (χ1) is 5.91. The number of carboxylic acids is 1. The molecule has 0 aliphatic carbocycles. The second kappa shape index (κ2) is 3.16. The van der Waals surface area contributed by atoms with E-state index in [0.717, 1.165) is 0 Å². The molecule has 1 aromatic rings. The molecule has 0 aliphatic rings. The summed E-state index contributed by atoms with van der Waals surface area (Å²) in [5, 5.41) is 17.4. The summed E-state index contributed by atoms with van der Waals surface area (Å²) in [6, 6.07) is 4.96. The van der Waals surface area contributed by atoms with Crippen molar-refractivity contribution in [2.45, 2.75) is 6.56 Å². The molecule has 0 atom stereocenters. The van der Waals surface area contributed by atoms with Gasteiger partial charge in [-0.3, -0.25) is 0 Å². The van der Waals surface area contributed by atoms with Crippen LogP contribution in [0.5, 0.6) is 0 Å². The van der Waals surface area contributed by atoms with E-state index in [1.807, 2.05) is 0 Å². The summed E-state index contributed by atoms with van der Waals surface area (Å²) >= 11 is 0. The van der Waals surface area contributed by atoms with Gasteiger partial charge in [0.1, 0.15) is 0 Å². The van der Waals surface area contributed by atoms with Gasteiger partial charge in [-0.15, -0.1) is 0 Å². The van der Waals surface area contributed by atoms with Crippen LogP contribution in [0, 0.1) is 0 Å². The average Bonchev–Trinajstić information content (AvgIpc) is 2.03. The Hall–Kier alpha value is -1.35. The summed E-state index contributed by atoms with van der Waals surface area (Å²) in [5.41, 5.74) is 0.102. The van der Waals surface area contributed by atoms with Gasteiger partial charge < -0.3 is 10.2 Å². The smallest absolute Gasteiger partial charge is 0.335 e. The number of aliphatic hydroxyl groups is 1. The number of carboxylic acid groups (broad SMARTS) is 1. The number of hydrogen-bond acceptors (Lipinski definition) is 2. The topological polar surface area (TPSA) is 57.5 Å². The predicted molar refractivity (Wildman–Crippen MR) is 39.3 cm³/mol. The van der Waals surface area contributed by atoms with Crippen LogP contribution in [0.25, 0.3) is 0 Å². The number of carbonyl (C=O) groups is 1. The van der Waals surface area contributed by atoms with Gasteiger partial charge in [0.15, 0.2) is 0 Å². The quantitative estimate of drug-likeness (QED) is 0.664. The fourth-order valence-corrected chi connectivity index (χ4v) is 0.687. The third kappa shape index (κ3) is 1.78. The minimum atomic E-state index is -2.42. The van der Waals surface area contributed by atoms with Crippen LogP contribution in [0.15, 0.2) is 24.3 Å². The van der Waals surface area contributed by atoms with E-state index in [-0.39, 0.29) is 11.1 Å². The Balaban J connectivity index is 3.01. The fraction of sp³-hybridized carbons (Fsp3) is 0.125. The summed E-state index contributed by atoms with van der Waals surface area (Å²) < 4.78 is 13.9. The van der Waals surface area contributed by atoms with Crippen LogP contribution in [-0.2, 0) is 6.56 Å². The first kappa shape index (κ1) is 5.32.